The van der Waals surface area contributed by atoms with E-state index in [-0.39, 0.29) is 0 Å². The van der Waals surface area contributed by atoms with Gasteiger partial charge in [0.2, 0.25) is 0 Å². The smallest absolute Gasteiger partial charge is 0.185 e. The first-order valence-corrected chi connectivity index (χ1v) is 9.36. The van der Waals surface area contributed by atoms with Crippen molar-refractivity contribution < 1.29 is 0 Å². The summed E-state index contributed by atoms with van der Waals surface area (Å²) in [5.41, 5.74) is 2.26. The summed E-state index contributed by atoms with van der Waals surface area (Å²) in [5, 5.41) is 13.3. The first kappa shape index (κ1) is 14.8. The number of aryl methyl sites for hydroxylation is 1. The van der Waals surface area contributed by atoms with Gasteiger partial charge in [0.15, 0.2) is 5.13 Å². The predicted molar refractivity (Wildman–Crippen MR) is 93.9 cm³/mol. The molecule has 0 atom stereocenters. The number of thiazole rings is 1. The molecule has 0 amide bonds. The molecule has 6 nitrogen and oxygen atoms in total. The Morgan fingerprint density at radius 1 is 1.17 bits per heavy atom. The van der Waals surface area contributed by atoms with Crippen molar-refractivity contribution in [1.82, 2.24) is 24.9 Å². The molecule has 0 radical (unpaired) electrons. The van der Waals surface area contributed by atoms with Crippen molar-refractivity contribution in [3.63, 3.8) is 0 Å². The topological polar surface area (TPSA) is 50.1 Å². The van der Waals surface area contributed by atoms with Gasteiger partial charge in [0.25, 0.3) is 0 Å². The molecule has 8 heteroatoms. The summed E-state index contributed by atoms with van der Waals surface area (Å²) in [6, 6.07) is 4.20. The van der Waals surface area contributed by atoms with Crippen molar-refractivity contribution >= 4 is 27.8 Å². The molecule has 4 heterocycles. The van der Waals surface area contributed by atoms with E-state index in [4.69, 9.17) is 4.98 Å². The molecule has 23 heavy (non-hydrogen) atoms. The number of piperazine rings is 1. The molecule has 0 aromatic carbocycles. The Labute approximate surface area is 143 Å². The van der Waals surface area contributed by atoms with Crippen LogP contribution in [-0.4, -0.2) is 51.1 Å². The summed E-state index contributed by atoms with van der Waals surface area (Å²) in [6.07, 6.45) is 1.85. The van der Waals surface area contributed by atoms with Crippen LogP contribution in [0.25, 0.3) is 10.6 Å². The van der Waals surface area contributed by atoms with Gasteiger partial charge in [0, 0.05) is 45.2 Å². The maximum atomic E-state index is 4.80. The van der Waals surface area contributed by atoms with Crippen LogP contribution in [0.5, 0.6) is 0 Å². The van der Waals surface area contributed by atoms with Gasteiger partial charge in [0.1, 0.15) is 0 Å². The van der Waals surface area contributed by atoms with Gasteiger partial charge in [-0.2, -0.15) is 0 Å². The predicted octanol–water partition coefficient (Wildman–Crippen LogP) is 2.32. The van der Waals surface area contributed by atoms with E-state index in [1.54, 1.807) is 22.7 Å². The third-order valence-corrected chi connectivity index (χ3v) is 5.90. The van der Waals surface area contributed by atoms with Crippen molar-refractivity contribution in [2.24, 2.45) is 7.05 Å². The van der Waals surface area contributed by atoms with Gasteiger partial charge in [-0.1, -0.05) is 11.3 Å². The molecule has 1 fully saturated rings. The molecule has 0 aliphatic carbocycles. The minimum atomic E-state index is 0.912. The molecule has 1 saturated heterocycles. The van der Waals surface area contributed by atoms with Crippen LogP contribution in [0.2, 0.25) is 0 Å². The highest BCUT2D eigenvalue weighted by Gasteiger charge is 2.20. The van der Waals surface area contributed by atoms with Crippen LogP contribution in [0.4, 0.5) is 5.13 Å². The fourth-order valence-corrected chi connectivity index (χ4v) is 4.37. The van der Waals surface area contributed by atoms with Crippen molar-refractivity contribution in [2.45, 2.75) is 6.54 Å². The van der Waals surface area contributed by atoms with Crippen molar-refractivity contribution in [1.29, 1.82) is 0 Å². The molecule has 3 aromatic heterocycles. The van der Waals surface area contributed by atoms with E-state index in [0.717, 1.165) is 49.2 Å². The SMILES string of the molecule is Cn1nncc1CN1CCN(c2nc(-c3cccs3)cs2)CC1. The Kier molecular flexibility index (Phi) is 4.11. The third-order valence-electron chi connectivity index (χ3n) is 4.10. The zero-order valence-corrected chi connectivity index (χ0v) is 14.6. The van der Waals surface area contributed by atoms with Gasteiger partial charge in [0.05, 0.1) is 22.5 Å². The second-order valence-corrected chi connectivity index (χ2v) is 7.39. The Morgan fingerprint density at radius 3 is 2.74 bits per heavy atom. The zero-order chi connectivity index (χ0) is 15.6. The quantitative estimate of drug-likeness (QED) is 0.726. The normalized spacial score (nSPS) is 16.1. The van der Waals surface area contributed by atoms with Gasteiger partial charge in [-0.3, -0.25) is 9.58 Å². The lowest BCUT2D eigenvalue weighted by molar-refractivity contribution is 0.243. The van der Waals surface area contributed by atoms with Crippen LogP contribution in [0.3, 0.4) is 0 Å². The number of hydrogen-bond acceptors (Lipinski definition) is 7. The highest BCUT2D eigenvalue weighted by molar-refractivity contribution is 7.16. The van der Waals surface area contributed by atoms with E-state index in [2.05, 4.69) is 43.0 Å². The minimum Gasteiger partial charge on any atom is -0.346 e. The van der Waals surface area contributed by atoms with E-state index in [9.17, 15) is 0 Å². The molecular formula is C15H18N6S2. The molecule has 1 aliphatic heterocycles. The lowest BCUT2D eigenvalue weighted by Crippen LogP contribution is -2.46. The average molecular weight is 346 g/mol. The maximum Gasteiger partial charge on any atom is 0.185 e. The van der Waals surface area contributed by atoms with Gasteiger partial charge >= 0.3 is 0 Å². The summed E-state index contributed by atoms with van der Waals surface area (Å²) in [5.74, 6) is 0. The number of aromatic nitrogens is 4. The van der Waals surface area contributed by atoms with Gasteiger partial charge < -0.3 is 4.90 Å². The molecule has 0 N–H and O–H groups in total. The summed E-state index contributed by atoms with van der Waals surface area (Å²) in [6.45, 7) is 5.03. The maximum absolute atomic E-state index is 4.80. The lowest BCUT2D eigenvalue weighted by atomic mass is 10.3. The van der Waals surface area contributed by atoms with Crippen LogP contribution in [0, 0.1) is 0 Å². The first-order chi connectivity index (χ1) is 11.3. The van der Waals surface area contributed by atoms with E-state index < -0.39 is 0 Å². The van der Waals surface area contributed by atoms with Gasteiger partial charge in [-0.25, -0.2) is 4.98 Å². The molecule has 3 aromatic rings. The van der Waals surface area contributed by atoms with Gasteiger partial charge in [-0.05, 0) is 11.4 Å². The summed E-state index contributed by atoms with van der Waals surface area (Å²) in [7, 11) is 1.94. The van der Waals surface area contributed by atoms with Crippen LogP contribution in [0.1, 0.15) is 5.69 Å². The van der Waals surface area contributed by atoms with E-state index >= 15 is 0 Å². The Bertz CT molecular complexity index is 755. The van der Waals surface area contributed by atoms with Crippen LogP contribution >= 0.6 is 22.7 Å². The highest BCUT2D eigenvalue weighted by Crippen LogP contribution is 2.30. The molecule has 1 aliphatic rings. The van der Waals surface area contributed by atoms with Crippen LogP contribution in [0.15, 0.2) is 29.1 Å². The minimum absolute atomic E-state index is 0.912. The van der Waals surface area contributed by atoms with Crippen LogP contribution in [-0.2, 0) is 13.6 Å². The summed E-state index contributed by atoms with van der Waals surface area (Å²) in [4.78, 5) is 10.9. The second kappa shape index (κ2) is 6.38. The summed E-state index contributed by atoms with van der Waals surface area (Å²) >= 11 is 3.49. The van der Waals surface area contributed by atoms with E-state index in [0.29, 0.717) is 0 Å². The van der Waals surface area contributed by atoms with Crippen molar-refractivity contribution in [3.05, 3.63) is 34.8 Å². The molecule has 0 bridgehead atoms. The molecule has 4 rings (SSSR count). The lowest BCUT2D eigenvalue weighted by Gasteiger charge is -2.34. The fraction of sp³-hybridized carbons (Fsp3) is 0.400. The van der Waals surface area contributed by atoms with E-state index in [1.807, 2.05) is 17.9 Å². The third kappa shape index (κ3) is 3.15. The van der Waals surface area contributed by atoms with Gasteiger partial charge in [-0.15, -0.1) is 27.8 Å². The monoisotopic (exact) mass is 346 g/mol. The molecular weight excluding hydrogens is 328 g/mol. The number of rotatable bonds is 4. The second-order valence-electron chi connectivity index (χ2n) is 5.60. The standard InChI is InChI=1S/C15H18N6S2/c1-19-12(9-16-18-19)10-20-4-6-21(7-5-20)15-17-13(11-23-15)14-3-2-8-22-14/h2-3,8-9,11H,4-7,10H2,1H3. The fourth-order valence-electron chi connectivity index (χ4n) is 2.73. The molecule has 0 saturated carbocycles. The highest BCUT2D eigenvalue weighted by atomic mass is 32.1. The Morgan fingerprint density at radius 2 is 2.04 bits per heavy atom. The molecule has 120 valence electrons. The number of anilines is 1. The summed E-state index contributed by atoms with van der Waals surface area (Å²) < 4.78 is 1.85. The Balaban J connectivity index is 1.37. The Hall–Kier alpha value is -1.77. The zero-order valence-electron chi connectivity index (χ0n) is 12.9. The number of hydrogen-bond donors (Lipinski definition) is 0. The largest absolute Gasteiger partial charge is 0.346 e. The van der Waals surface area contributed by atoms with Crippen molar-refractivity contribution in [2.75, 3.05) is 31.1 Å². The van der Waals surface area contributed by atoms with E-state index in [1.165, 1.54) is 4.88 Å². The molecule has 0 spiro atoms. The average Bonchev–Trinajstić information content (AvgIpc) is 3.30. The number of nitrogens with zero attached hydrogens (tertiary/aromatic N) is 6. The first-order valence-electron chi connectivity index (χ1n) is 7.60. The molecule has 0 unspecified atom stereocenters. The number of thiophene rings is 1. The van der Waals surface area contributed by atoms with Crippen LogP contribution < -0.4 is 4.90 Å². The van der Waals surface area contributed by atoms with Crippen molar-refractivity contribution in [3.8, 4) is 10.6 Å².